The number of aldehydes is 1. The molecule has 0 amide bonds. The lowest BCUT2D eigenvalue weighted by atomic mass is 10.2. The normalized spacial score (nSPS) is 11.5. The molecule has 1 unspecified atom stereocenters. The molecule has 2 rings (SSSR count). The van der Waals surface area contributed by atoms with Gasteiger partial charge >= 0.3 is 0 Å². The van der Waals surface area contributed by atoms with Gasteiger partial charge in [0.05, 0.1) is 18.9 Å². The van der Waals surface area contributed by atoms with E-state index in [1.165, 1.54) is 11.1 Å². The molecule has 2 aromatic carbocycles. The third kappa shape index (κ3) is 11.9. The van der Waals surface area contributed by atoms with Crippen LogP contribution in [0.1, 0.15) is 38.8 Å². The molecule has 0 spiro atoms. The van der Waals surface area contributed by atoms with E-state index in [9.17, 15) is 9.90 Å². The highest BCUT2D eigenvalue weighted by Gasteiger charge is 2.08. The fraction of sp³-hybridized carbons (Fsp3) is 0.385. The Morgan fingerprint density at radius 3 is 2.12 bits per heavy atom. The standard InChI is InChI=1S/C16H22N2O4.C8H10.C2H6/c1-12(10-19)17-7-8-18(3)14-5-6-15(16(9-14)21-4)22-11-13(2)20;1-7-3-5-8(2)6-4-7;1-2/h5-10,13,20H,11H2,1-4H3;3-6H,1-2H3;1-2H3/b8-7-,17-12?;;. The molecule has 1 N–H and O–H groups in total. The van der Waals surface area contributed by atoms with Gasteiger partial charge in [0.15, 0.2) is 17.8 Å². The number of carbonyl (C=O) groups excluding carboxylic acids is 1. The van der Waals surface area contributed by atoms with Gasteiger partial charge in [0, 0.05) is 31.2 Å². The second-order valence-corrected chi connectivity index (χ2v) is 6.95. The zero-order valence-electron chi connectivity index (χ0n) is 20.6. The van der Waals surface area contributed by atoms with Crippen LogP contribution in [0.15, 0.2) is 59.9 Å². The van der Waals surface area contributed by atoms with Gasteiger partial charge in [-0.2, -0.15) is 0 Å². The summed E-state index contributed by atoms with van der Waals surface area (Å²) in [6, 6.07) is 13.9. The summed E-state index contributed by atoms with van der Waals surface area (Å²) in [5, 5.41) is 9.26. The first kappa shape index (κ1) is 28.9. The van der Waals surface area contributed by atoms with Gasteiger partial charge in [0.2, 0.25) is 0 Å². The van der Waals surface area contributed by atoms with Gasteiger partial charge in [-0.3, -0.25) is 9.79 Å². The summed E-state index contributed by atoms with van der Waals surface area (Å²) < 4.78 is 10.8. The van der Waals surface area contributed by atoms with E-state index in [0.717, 1.165) is 5.69 Å². The number of methoxy groups -OCH3 is 1. The molecule has 0 aliphatic carbocycles. The molecule has 0 heterocycles. The summed E-state index contributed by atoms with van der Waals surface area (Å²) in [5.74, 6) is 1.14. The van der Waals surface area contributed by atoms with Gasteiger partial charge in [-0.05, 0) is 39.8 Å². The van der Waals surface area contributed by atoms with Crippen LogP contribution in [-0.4, -0.2) is 44.0 Å². The SMILES string of the molecule is CC.COc1cc(N(C)/C=C\N=C(C)C=O)ccc1OCC(C)O.Cc1ccc(C)cc1. The number of nitrogens with zero attached hydrogens (tertiary/aromatic N) is 2. The topological polar surface area (TPSA) is 71.4 Å². The van der Waals surface area contributed by atoms with Crippen molar-refractivity contribution in [1.82, 2.24) is 0 Å². The first-order valence-electron chi connectivity index (χ1n) is 10.7. The maximum Gasteiger partial charge on any atom is 0.163 e. The number of rotatable bonds is 8. The summed E-state index contributed by atoms with van der Waals surface area (Å²) in [6.45, 7) is 11.7. The lowest BCUT2D eigenvalue weighted by molar-refractivity contribution is -0.102. The minimum Gasteiger partial charge on any atom is -0.493 e. The number of anilines is 1. The van der Waals surface area contributed by atoms with Crippen molar-refractivity contribution < 1.29 is 19.4 Å². The molecule has 1 atom stereocenters. The number of aliphatic imine (C=N–C) groups is 1. The Morgan fingerprint density at radius 1 is 1.09 bits per heavy atom. The Balaban J connectivity index is 0.000000796. The highest BCUT2D eigenvalue weighted by Crippen LogP contribution is 2.31. The fourth-order valence-corrected chi connectivity index (χ4v) is 2.21. The Hall–Kier alpha value is -3.12. The molecule has 32 heavy (non-hydrogen) atoms. The highest BCUT2D eigenvalue weighted by molar-refractivity contribution is 6.27. The second kappa shape index (κ2) is 16.6. The number of hydrogen-bond donors (Lipinski definition) is 1. The van der Waals surface area contributed by atoms with Crippen LogP contribution in [0.4, 0.5) is 5.69 Å². The molecule has 0 bridgehead atoms. The number of hydrogen-bond acceptors (Lipinski definition) is 6. The molecule has 0 radical (unpaired) electrons. The number of aryl methyl sites for hydroxylation is 2. The van der Waals surface area contributed by atoms with E-state index in [4.69, 9.17) is 9.47 Å². The zero-order valence-corrected chi connectivity index (χ0v) is 20.6. The van der Waals surface area contributed by atoms with Crippen molar-refractivity contribution in [3.05, 3.63) is 66.0 Å². The molecule has 0 fully saturated rings. The van der Waals surface area contributed by atoms with Gasteiger partial charge in [-0.15, -0.1) is 0 Å². The van der Waals surface area contributed by atoms with Gasteiger partial charge < -0.3 is 19.5 Å². The maximum atomic E-state index is 10.5. The predicted octanol–water partition coefficient (Wildman–Crippen LogP) is 5.35. The number of aliphatic hydroxyl groups excluding tert-OH is 1. The number of carbonyl (C=O) groups is 1. The van der Waals surface area contributed by atoms with Crippen molar-refractivity contribution in [1.29, 1.82) is 0 Å². The van der Waals surface area contributed by atoms with Crippen molar-refractivity contribution in [3.8, 4) is 11.5 Å². The van der Waals surface area contributed by atoms with E-state index in [0.29, 0.717) is 23.5 Å². The maximum absolute atomic E-state index is 10.5. The largest absolute Gasteiger partial charge is 0.493 e. The van der Waals surface area contributed by atoms with Crippen LogP contribution in [0.5, 0.6) is 11.5 Å². The van der Waals surface area contributed by atoms with E-state index in [-0.39, 0.29) is 6.61 Å². The molecule has 0 saturated carbocycles. The Kier molecular flexibility index (Phi) is 14.9. The summed E-state index contributed by atoms with van der Waals surface area (Å²) >= 11 is 0. The lowest BCUT2D eigenvalue weighted by Crippen LogP contribution is -2.13. The van der Waals surface area contributed by atoms with Crippen molar-refractivity contribution in [3.63, 3.8) is 0 Å². The van der Waals surface area contributed by atoms with Crippen LogP contribution < -0.4 is 14.4 Å². The Morgan fingerprint density at radius 2 is 1.66 bits per heavy atom. The number of benzene rings is 2. The molecule has 6 heteroatoms. The summed E-state index contributed by atoms with van der Waals surface area (Å²) in [4.78, 5) is 16.3. The minimum atomic E-state index is -0.547. The third-order valence-corrected chi connectivity index (χ3v) is 3.99. The van der Waals surface area contributed by atoms with Crippen LogP contribution >= 0.6 is 0 Å². The van der Waals surface area contributed by atoms with E-state index in [1.54, 1.807) is 39.4 Å². The van der Waals surface area contributed by atoms with E-state index >= 15 is 0 Å². The Labute approximate surface area is 193 Å². The predicted molar refractivity (Wildman–Crippen MR) is 134 cm³/mol. The smallest absolute Gasteiger partial charge is 0.163 e. The average molecular weight is 443 g/mol. The molecule has 176 valence electrons. The zero-order chi connectivity index (χ0) is 24.5. The molecular formula is C26H38N2O4. The lowest BCUT2D eigenvalue weighted by Gasteiger charge is -2.17. The van der Waals surface area contributed by atoms with Crippen LogP contribution in [0.25, 0.3) is 0 Å². The average Bonchev–Trinajstić information content (AvgIpc) is 2.80. The van der Waals surface area contributed by atoms with Crippen LogP contribution in [-0.2, 0) is 4.79 Å². The summed E-state index contributed by atoms with van der Waals surface area (Å²) in [5.41, 5.74) is 3.94. The van der Waals surface area contributed by atoms with Crippen molar-refractivity contribution in [2.24, 2.45) is 4.99 Å². The van der Waals surface area contributed by atoms with E-state index in [1.807, 2.05) is 37.9 Å². The quantitative estimate of drug-likeness (QED) is 0.441. The van der Waals surface area contributed by atoms with Gasteiger partial charge in [0.25, 0.3) is 0 Å². The van der Waals surface area contributed by atoms with E-state index in [2.05, 4.69) is 43.1 Å². The minimum absolute atomic E-state index is 0.200. The first-order chi connectivity index (χ1) is 15.3. The van der Waals surface area contributed by atoms with Gasteiger partial charge in [0.1, 0.15) is 6.61 Å². The van der Waals surface area contributed by atoms with Gasteiger partial charge in [-0.25, -0.2) is 0 Å². The van der Waals surface area contributed by atoms with Gasteiger partial charge in [-0.1, -0.05) is 49.2 Å². The summed E-state index contributed by atoms with van der Waals surface area (Å²) in [6.07, 6.45) is 3.43. The molecular weight excluding hydrogens is 404 g/mol. The molecule has 2 aromatic rings. The summed E-state index contributed by atoms with van der Waals surface area (Å²) in [7, 11) is 3.41. The highest BCUT2D eigenvalue weighted by atomic mass is 16.5. The van der Waals surface area contributed by atoms with Crippen molar-refractivity contribution in [2.45, 2.75) is 47.6 Å². The molecule has 0 aliphatic rings. The molecule has 0 aromatic heterocycles. The third-order valence-electron chi connectivity index (χ3n) is 3.99. The number of ether oxygens (including phenoxy) is 2. The van der Waals surface area contributed by atoms with E-state index < -0.39 is 6.10 Å². The molecule has 0 aliphatic heterocycles. The molecule has 0 saturated heterocycles. The molecule has 6 nitrogen and oxygen atoms in total. The first-order valence-corrected chi connectivity index (χ1v) is 10.7. The second-order valence-electron chi connectivity index (χ2n) is 6.95. The fourth-order valence-electron chi connectivity index (χ4n) is 2.21. The Bertz CT molecular complexity index is 822. The van der Waals surface area contributed by atoms with Crippen molar-refractivity contribution >= 4 is 17.7 Å². The van der Waals surface area contributed by atoms with Crippen LogP contribution in [0, 0.1) is 13.8 Å². The van der Waals surface area contributed by atoms with Crippen molar-refractivity contribution in [2.75, 3.05) is 25.7 Å². The monoisotopic (exact) mass is 442 g/mol. The number of aliphatic hydroxyl groups is 1. The van der Waals surface area contributed by atoms with Crippen LogP contribution in [0.2, 0.25) is 0 Å². The van der Waals surface area contributed by atoms with Crippen LogP contribution in [0.3, 0.4) is 0 Å².